The zero-order valence-electron chi connectivity index (χ0n) is 13.7. The van der Waals surface area contributed by atoms with Gasteiger partial charge in [-0.2, -0.15) is 6.20 Å². The molecule has 2 aromatic carbocycles. The van der Waals surface area contributed by atoms with Gasteiger partial charge < -0.3 is 4.98 Å². The number of aromatic nitrogens is 1. The Labute approximate surface area is 144 Å². The first-order valence-corrected chi connectivity index (χ1v) is 9.73. The summed E-state index contributed by atoms with van der Waals surface area (Å²) in [5, 5.41) is 2.85. The molecule has 0 fully saturated rings. The predicted octanol–water partition coefficient (Wildman–Crippen LogP) is 4.69. The number of fused-ring (bicyclic) bond motifs is 1. The van der Waals surface area contributed by atoms with E-state index in [9.17, 15) is 0 Å². The summed E-state index contributed by atoms with van der Waals surface area (Å²) in [5.74, 6) is 0. The van der Waals surface area contributed by atoms with Gasteiger partial charge >= 0.3 is 0 Å². The van der Waals surface area contributed by atoms with Crippen LogP contribution in [0.3, 0.4) is 0 Å². The summed E-state index contributed by atoms with van der Waals surface area (Å²) in [6, 6.07) is 28.3. The molecule has 24 heavy (non-hydrogen) atoms. The Morgan fingerprint density at radius 1 is 0.792 bits per heavy atom. The Bertz CT molecular complexity index is 856. The Kier molecular flexibility index (Phi) is 4.19. The van der Waals surface area contributed by atoms with Gasteiger partial charge in [0.15, 0.2) is 0 Å². The molecule has 0 unspecified atom stereocenters. The summed E-state index contributed by atoms with van der Waals surface area (Å²) in [6.07, 6.45) is 2.94. The first-order chi connectivity index (χ1) is 11.8. The van der Waals surface area contributed by atoms with Crippen molar-refractivity contribution in [2.45, 2.75) is 13.1 Å². The van der Waals surface area contributed by atoms with Gasteiger partial charge in [-0.1, -0.05) is 84.4 Å². The first-order valence-electron chi connectivity index (χ1n) is 8.20. The summed E-state index contributed by atoms with van der Waals surface area (Å²) in [6.45, 7) is 2.16. The van der Waals surface area contributed by atoms with Crippen LogP contribution in [0, 0.1) is 6.92 Å². The minimum absolute atomic E-state index is 0.415. The molecule has 2 heteroatoms. The molecule has 1 heterocycles. The summed E-state index contributed by atoms with van der Waals surface area (Å²) in [5.41, 5.74) is 5.13. The third-order valence-corrected chi connectivity index (χ3v) is 6.88. The lowest BCUT2D eigenvalue weighted by atomic mass is 10.1. The molecule has 4 rings (SSSR count). The number of benzene rings is 2. The summed E-state index contributed by atoms with van der Waals surface area (Å²) < 4.78 is 0. The van der Waals surface area contributed by atoms with E-state index in [0.717, 1.165) is 11.9 Å². The third-order valence-electron chi connectivity index (χ3n) is 4.38. The lowest BCUT2D eigenvalue weighted by molar-refractivity contribution is 1.27. The number of pyridine rings is 1. The van der Waals surface area contributed by atoms with Crippen molar-refractivity contribution in [3.63, 3.8) is 0 Å². The maximum Gasteiger partial charge on any atom is 0.00130 e. The lowest BCUT2D eigenvalue weighted by Gasteiger charge is -2.20. The number of hydrogen-bond donors (Lipinski definition) is 0. The van der Waals surface area contributed by atoms with Gasteiger partial charge in [0, 0.05) is 6.16 Å². The van der Waals surface area contributed by atoms with Gasteiger partial charge in [0.05, 0.1) is 0 Å². The maximum atomic E-state index is 4.56. The van der Waals surface area contributed by atoms with Crippen LogP contribution in [0.4, 0.5) is 0 Å². The SMILES string of the molecule is Cc1cc(CP(c2ccccc2)c2ccccc2)c2ccc[n-]c1-2. The van der Waals surface area contributed by atoms with E-state index in [4.69, 9.17) is 0 Å². The van der Waals surface area contributed by atoms with Crippen LogP contribution in [0.25, 0.3) is 11.3 Å². The van der Waals surface area contributed by atoms with Gasteiger partial charge in [-0.15, -0.1) is 5.69 Å². The zero-order valence-corrected chi connectivity index (χ0v) is 14.6. The fourth-order valence-electron chi connectivity index (χ4n) is 3.23. The number of rotatable bonds is 4. The van der Waals surface area contributed by atoms with Gasteiger partial charge in [0.1, 0.15) is 0 Å². The summed E-state index contributed by atoms with van der Waals surface area (Å²) in [7, 11) is -0.415. The van der Waals surface area contributed by atoms with Crippen LogP contribution in [-0.2, 0) is 6.16 Å². The fourth-order valence-corrected chi connectivity index (χ4v) is 5.56. The Hall–Kier alpha value is -2.37. The van der Waals surface area contributed by atoms with Gasteiger partial charge in [-0.3, -0.25) is 0 Å². The van der Waals surface area contributed by atoms with Crippen molar-refractivity contribution in [2.75, 3.05) is 0 Å². The minimum atomic E-state index is -0.415. The standard InChI is InChI=1S/C22H19NP/c1-17-15-18(21-13-8-14-23-22(17)21)16-24(19-9-4-2-5-10-19)20-11-6-3-7-12-20/h2-15H,16H2,1H3/q-1. The molecule has 0 saturated heterocycles. The lowest BCUT2D eigenvalue weighted by Crippen LogP contribution is -2.12. The minimum Gasteiger partial charge on any atom is -0.663 e. The van der Waals surface area contributed by atoms with Gasteiger partial charge in [-0.25, -0.2) is 0 Å². The van der Waals surface area contributed by atoms with Crippen LogP contribution >= 0.6 is 7.92 Å². The topological polar surface area (TPSA) is 14.1 Å². The second kappa shape index (κ2) is 6.63. The van der Waals surface area contributed by atoms with Crippen molar-refractivity contribution in [1.29, 1.82) is 0 Å². The van der Waals surface area contributed by atoms with Crippen molar-refractivity contribution in [3.05, 3.63) is 96.2 Å². The zero-order chi connectivity index (χ0) is 16.4. The molecule has 2 aliphatic rings. The van der Waals surface area contributed by atoms with Crippen LogP contribution in [0.15, 0.2) is 85.1 Å². The molecule has 0 saturated carbocycles. The molecule has 0 spiro atoms. The van der Waals surface area contributed by atoms with Crippen LogP contribution in [0.5, 0.6) is 0 Å². The van der Waals surface area contributed by atoms with E-state index in [-0.39, 0.29) is 0 Å². The van der Waals surface area contributed by atoms with E-state index in [2.05, 4.69) is 84.7 Å². The van der Waals surface area contributed by atoms with Gasteiger partial charge in [0.2, 0.25) is 0 Å². The molecule has 0 radical (unpaired) electrons. The highest BCUT2D eigenvalue weighted by Crippen LogP contribution is 2.42. The third kappa shape index (κ3) is 2.88. The monoisotopic (exact) mass is 328 g/mol. The number of hydrogen-bond acceptors (Lipinski definition) is 0. The highest BCUT2D eigenvalue weighted by atomic mass is 31.1. The second-order valence-corrected chi connectivity index (χ2v) is 8.21. The molecule has 1 aliphatic heterocycles. The highest BCUT2D eigenvalue weighted by molar-refractivity contribution is 7.72. The highest BCUT2D eigenvalue weighted by Gasteiger charge is 2.17. The van der Waals surface area contributed by atoms with Crippen molar-refractivity contribution in [3.8, 4) is 11.3 Å². The molecule has 118 valence electrons. The average molecular weight is 328 g/mol. The Morgan fingerprint density at radius 3 is 2.04 bits per heavy atom. The van der Waals surface area contributed by atoms with Crippen molar-refractivity contribution < 1.29 is 0 Å². The van der Waals surface area contributed by atoms with E-state index in [1.807, 2.05) is 12.3 Å². The van der Waals surface area contributed by atoms with Crippen molar-refractivity contribution in [2.24, 2.45) is 0 Å². The average Bonchev–Trinajstić information content (AvgIpc) is 2.97. The summed E-state index contributed by atoms with van der Waals surface area (Å²) in [4.78, 5) is 4.56. The molecule has 0 atom stereocenters. The normalized spacial score (nSPS) is 11.2. The Morgan fingerprint density at radius 2 is 1.42 bits per heavy atom. The summed E-state index contributed by atoms with van der Waals surface area (Å²) >= 11 is 0. The smallest absolute Gasteiger partial charge is 0.00130 e. The molecule has 0 aromatic heterocycles. The van der Waals surface area contributed by atoms with E-state index in [1.165, 1.54) is 27.3 Å². The van der Waals surface area contributed by atoms with Gasteiger partial charge in [0.25, 0.3) is 0 Å². The molecular weight excluding hydrogens is 309 g/mol. The predicted molar refractivity (Wildman–Crippen MR) is 104 cm³/mol. The largest absolute Gasteiger partial charge is 0.663 e. The van der Waals surface area contributed by atoms with Crippen LogP contribution in [0.2, 0.25) is 0 Å². The fraction of sp³-hybridized carbons (Fsp3) is 0.0909. The van der Waals surface area contributed by atoms with Crippen LogP contribution in [0.1, 0.15) is 11.1 Å². The maximum absolute atomic E-state index is 4.56. The second-order valence-electron chi connectivity index (χ2n) is 6.01. The molecule has 1 aliphatic carbocycles. The van der Waals surface area contributed by atoms with E-state index in [0.29, 0.717) is 0 Å². The number of nitrogens with zero attached hydrogens (tertiary/aromatic N) is 1. The molecule has 2 aromatic rings. The molecule has 0 N–H and O–H groups in total. The Balaban J connectivity index is 1.77. The van der Waals surface area contributed by atoms with E-state index in [1.54, 1.807) is 0 Å². The van der Waals surface area contributed by atoms with E-state index < -0.39 is 7.92 Å². The van der Waals surface area contributed by atoms with E-state index >= 15 is 0 Å². The molecular formula is C22H19NP-. The van der Waals surface area contributed by atoms with Crippen LogP contribution in [-0.4, -0.2) is 0 Å². The van der Waals surface area contributed by atoms with Crippen molar-refractivity contribution in [1.82, 2.24) is 4.98 Å². The van der Waals surface area contributed by atoms with Crippen LogP contribution < -0.4 is 15.6 Å². The number of aryl methyl sites for hydroxylation is 1. The quantitative estimate of drug-likeness (QED) is 0.496. The molecule has 0 bridgehead atoms. The molecule has 1 nitrogen and oxygen atoms in total. The van der Waals surface area contributed by atoms with Gasteiger partial charge in [-0.05, 0) is 36.6 Å². The first kappa shape index (κ1) is 15.2. The molecule has 0 amide bonds. The van der Waals surface area contributed by atoms with Crippen molar-refractivity contribution >= 4 is 18.5 Å².